The molecule has 2 N–H and O–H groups in total. The Morgan fingerprint density at radius 3 is 2.25 bits per heavy atom. The van der Waals surface area contributed by atoms with E-state index in [1.165, 1.54) is 6.92 Å². The molecule has 66 valence electrons. The Labute approximate surface area is 67.4 Å². The zero-order valence-corrected chi connectivity index (χ0v) is 6.25. The molecule has 0 fully saturated rings. The highest BCUT2D eigenvalue weighted by Crippen LogP contribution is 2.19. The van der Waals surface area contributed by atoms with Crippen molar-refractivity contribution in [2.45, 2.75) is 6.92 Å². The van der Waals surface area contributed by atoms with Crippen molar-refractivity contribution in [2.75, 3.05) is 5.23 Å². The Hall–Kier alpha value is -1.20. The molecule has 0 spiro atoms. The van der Waals surface area contributed by atoms with Gasteiger partial charge in [0.15, 0.2) is 11.6 Å². The zero-order chi connectivity index (χ0) is 9.30. The molecule has 0 saturated heterocycles. The van der Waals surface area contributed by atoms with Crippen molar-refractivity contribution in [3.8, 4) is 0 Å². The summed E-state index contributed by atoms with van der Waals surface area (Å²) in [6, 6.07) is 1.79. The van der Waals surface area contributed by atoms with Crippen LogP contribution in [0.25, 0.3) is 0 Å². The summed E-state index contributed by atoms with van der Waals surface area (Å²) in [6.07, 6.45) is 0. The number of hydrogen-bond acceptors (Lipinski definition) is 3. The van der Waals surface area contributed by atoms with Gasteiger partial charge in [0.05, 0.1) is 5.69 Å². The number of rotatable bonds is 1. The number of anilines is 1. The van der Waals surface area contributed by atoms with Crippen molar-refractivity contribution in [3.05, 3.63) is 29.3 Å². The fourth-order valence-electron chi connectivity index (χ4n) is 0.824. The van der Waals surface area contributed by atoms with Crippen molar-refractivity contribution in [2.24, 2.45) is 0 Å². The lowest BCUT2D eigenvalue weighted by atomic mass is 10.2. The van der Waals surface area contributed by atoms with E-state index >= 15 is 0 Å². The van der Waals surface area contributed by atoms with Gasteiger partial charge in [-0.05, 0) is 18.6 Å². The molecule has 0 bridgehead atoms. The molecule has 1 aromatic carbocycles. The van der Waals surface area contributed by atoms with E-state index in [9.17, 15) is 8.78 Å². The second-order valence-electron chi connectivity index (χ2n) is 2.35. The van der Waals surface area contributed by atoms with Gasteiger partial charge in [-0.15, -0.1) is 5.23 Å². The predicted octanol–water partition coefficient (Wildman–Crippen LogP) is 1.86. The Kier molecular flexibility index (Phi) is 2.25. The molecular weight excluding hydrogens is 168 g/mol. The molecule has 1 aromatic rings. The summed E-state index contributed by atoms with van der Waals surface area (Å²) >= 11 is 0. The van der Waals surface area contributed by atoms with Crippen LogP contribution in [-0.2, 0) is 0 Å². The van der Waals surface area contributed by atoms with E-state index in [1.807, 2.05) is 0 Å². The van der Waals surface area contributed by atoms with Gasteiger partial charge in [-0.2, -0.15) is 0 Å². The third-order valence-electron chi connectivity index (χ3n) is 1.43. The predicted molar refractivity (Wildman–Crippen MR) is 37.1 cm³/mol. The van der Waals surface area contributed by atoms with Crippen LogP contribution < -0.4 is 5.23 Å². The van der Waals surface area contributed by atoms with Crippen LogP contribution in [0.3, 0.4) is 0 Å². The van der Waals surface area contributed by atoms with Gasteiger partial charge in [0, 0.05) is 6.07 Å². The largest absolute Gasteiger partial charge is 0.264 e. The third kappa shape index (κ3) is 1.51. The average molecular weight is 175 g/mol. The van der Waals surface area contributed by atoms with Gasteiger partial charge in [0.25, 0.3) is 0 Å². The minimum absolute atomic E-state index is 0.0121. The van der Waals surface area contributed by atoms with Gasteiger partial charge in [-0.25, -0.2) is 8.78 Å². The van der Waals surface area contributed by atoms with Crippen LogP contribution in [-0.4, -0.2) is 10.4 Å². The molecule has 0 aromatic heterocycles. The Morgan fingerprint density at radius 1 is 1.25 bits per heavy atom. The molecule has 0 atom stereocenters. The molecule has 1 rings (SSSR count). The summed E-state index contributed by atoms with van der Waals surface area (Å²) in [5.74, 6) is -2.10. The number of benzene rings is 1. The summed E-state index contributed by atoms with van der Waals surface area (Å²) in [5, 5.41) is 16.7. The maximum Gasteiger partial charge on any atom is 0.161 e. The normalized spacial score (nSPS) is 10.1. The van der Waals surface area contributed by atoms with Crippen molar-refractivity contribution >= 4 is 5.69 Å². The molecule has 0 heterocycles. The lowest BCUT2D eigenvalue weighted by Gasteiger charge is -2.08. The fraction of sp³-hybridized carbons (Fsp3) is 0.143. The smallest absolute Gasteiger partial charge is 0.161 e. The molecule has 0 aliphatic carbocycles. The topological polar surface area (TPSA) is 43.7 Å². The lowest BCUT2D eigenvalue weighted by molar-refractivity contribution is 0.0289. The quantitative estimate of drug-likeness (QED) is 0.640. The summed E-state index contributed by atoms with van der Waals surface area (Å²) in [6.45, 7) is 1.32. The summed E-state index contributed by atoms with van der Waals surface area (Å²) < 4.78 is 25.2. The van der Waals surface area contributed by atoms with Crippen LogP contribution in [0.1, 0.15) is 5.56 Å². The highest BCUT2D eigenvalue weighted by atomic mass is 19.2. The van der Waals surface area contributed by atoms with Crippen LogP contribution in [0.2, 0.25) is 0 Å². The maximum atomic E-state index is 12.6. The standard InChI is InChI=1S/C7H7F2NO2/c1-4-2-5(10(11)12)3-6(8)7(4)9/h2-3,11-12H,1H3. The van der Waals surface area contributed by atoms with Crippen molar-refractivity contribution < 1.29 is 19.2 Å². The first-order valence-electron chi connectivity index (χ1n) is 3.16. The summed E-state index contributed by atoms with van der Waals surface area (Å²) in [4.78, 5) is 0. The summed E-state index contributed by atoms with van der Waals surface area (Å²) in [7, 11) is 0. The van der Waals surface area contributed by atoms with Crippen molar-refractivity contribution in [1.82, 2.24) is 0 Å². The molecule has 0 saturated carbocycles. The maximum absolute atomic E-state index is 12.6. The number of nitrogens with zero attached hydrogens (tertiary/aromatic N) is 1. The minimum atomic E-state index is -1.11. The molecule has 0 amide bonds. The third-order valence-corrected chi connectivity index (χ3v) is 1.43. The van der Waals surface area contributed by atoms with E-state index in [2.05, 4.69) is 0 Å². The SMILES string of the molecule is Cc1cc(N(O)O)cc(F)c1F. The number of halogens is 2. The zero-order valence-electron chi connectivity index (χ0n) is 6.25. The lowest BCUT2D eigenvalue weighted by Crippen LogP contribution is -2.11. The van der Waals surface area contributed by atoms with Crippen molar-refractivity contribution in [1.29, 1.82) is 0 Å². The first-order valence-corrected chi connectivity index (χ1v) is 3.16. The molecule has 0 aliphatic heterocycles. The van der Waals surface area contributed by atoms with Gasteiger partial charge in [-0.1, -0.05) is 0 Å². The first kappa shape index (κ1) is 8.89. The molecule has 5 heteroatoms. The molecule has 0 aliphatic rings. The van der Waals surface area contributed by atoms with Crippen molar-refractivity contribution in [3.63, 3.8) is 0 Å². The molecule has 3 nitrogen and oxygen atoms in total. The summed E-state index contributed by atoms with van der Waals surface area (Å²) in [5.41, 5.74) is -0.204. The van der Waals surface area contributed by atoms with E-state index < -0.39 is 11.6 Å². The van der Waals surface area contributed by atoms with Crippen LogP contribution in [0.15, 0.2) is 12.1 Å². The average Bonchev–Trinajstić information content (AvgIpc) is 1.99. The van der Waals surface area contributed by atoms with Gasteiger partial charge < -0.3 is 0 Å². The molecular formula is C7H7F2NO2. The Balaban J connectivity index is 3.21. The van der Waals surface area contributed by atoms with Gasteiger partial charge in [0.1, 0.15) is 0 Å². The van der Waals surface area contributed by atoms with E-state index in [4.69, 9.17) is 10.4 Å². The van der Waals surface area contributed by atoms with Gasteiger partial charge >= 0.3 is 0 Å². The highest BCUT2D eigenvalue weighted by molar-refractivity contribution is 5.44. The highest BCUT2D eigenvalue weighted by Gasteiger charge is 2.09. The number of aryl methyl sites for hydroxylation is 1. The molecule has 0 unspecified atom stereocenters. The van der Waals surface area contributed by atoms with Crippen LogP contribution in [0, 0.1) is 18.6 Å². The monoisotopic (exact) mass is 175 g/mol. The fourth-order valence-corrected chi connectivity index (χ4v) is 0.824. The molecule has 0 radical (unpaired) electrons. The second-order valence-corrected chi connectivity index (χ2v) is 2.35. The van der Waals surface area contributed by atoms with Crippen LogP contribution in [0.5, 0.6) is 0 Å². The van der Waals surface area contributed by atoms with Crippen LogP contribution >= 0.6 is 0 Å². The number of hydrogen-bond donors (Lipinski definition) is 2. The van der Waals surface area contributed by atoms with Gasteiger partial charge in [0.2, 0.25) is 0 Å². The minimum Gasteiger partial charge on any atom is -0.264 e. The Bertz CT molecular complexity index is 278. The van der Waals surface area contributed by atoms with Crippen LogP contribution in [0.4, 0.5) is 14.5 Å². The van der Waals surface area contributed by atoms with E-state index in [0.29, 0.717) is 6.07 Å². The van der Waals surface area contributed by atoms with E-state index in [-0.39, 0.29) is 16.5 Å². The Morgan fingerprint density at radius 2 is 1.83 bits per heavy atom. The first-order chi connectivity index (χ1) is 5.52. The van der Waals surface area contributed by atoms with E-state index in [1.54, 1.807) is 0 Å². The second kappa shape index (κ2) is 3.04. The van der Waals surface area contributed by atoms with E-state index in [0.717, 1.165) is 6.07 Å². The van der Waals surface area contributed by atoms with Gasteiger partial charge in [-0.3, -0.25) is 10.4 Å². The molecule has 12 heavy (non-hydrogen) atoms.